The van der Waals surface area contributed by atoms with E-state index in [1.54, 1.807) is 0 Å². The molecule has 2 nitrogen and oxygen atoms in total. The summed E-state index contributed by atoms with van der Waals surface area (Å²) in [6.45, 7) is 1.70. The molecule has 4 aromatic carbocycles. The summed E-state index contributed by atoms with van der Waals surface area (Å²) in [6.07, 6.45) is 4.32. The van der Waals surface area contributed by atoms with Crippen LogP contribution >= 0.6 is 15.9 Å². The number of imidazole rings is 1. The van der Waals surface area contributed by atoms with Gasteiger partial charge in [-0.1, -0.05) is 72.8 Å². The molecule has 5 aromatic rings. The molecule has 0 saturated carbocycles. The maximum Gasteiger partial charge on any atom is 0.245 e. The Morgan fingerprint density at radius 2 is 1.25 bits per heavy atom. The van der Waals surface area contributed by atoms with Gasteiger partial charge in [-0.25, -0.2) is 9.13 Å². The minimum Gasteiger partial charge on any atom is -0.231 e. The third-order valence-corrected chi connectivity index (χ3v) is 5.84. The molecular formula is C25H20BrN2+. The minimum absolute atomic E-state index is 0.843. The monoisotopic (exact) mass is 427 g/mol. The summed E-state index contributed by atoms with van der Waals surface area (Å²) in [5, 5.41) is 5.14. The van der Waals surface area contributed by atoms with Crippen molar-refractivity contribution in [2.24, 2.45) is 0 Å². The van der Waals surface area contributed by atoms with Crippen molar-refractivity contribution < 1.29 is 4.57 Å². The van der Waals surface area contributed by atoms with Crippen LogP contribution in [0.1, 0.15) is 11.1 Å². The van der Waals surface area contributed by atoms with E-state index in [1.165, 1.54) is 32.7 Å². The molecule has 0 aliphatic carbocycles. The molecule has 28 heavy (non-hydrogen) atoms. The van der Waals surface area contributed by atoms with Crippen LogP contribution in [-0.2, 0) is 13.1 Å². The molecule has 1 heterocycles. The normalized spacial score (nSPS) is 11.3. The van der Waals surface area contributed by atoms with Gasteiger partial charge in [0.15, 0.2) is 0 Å². The minimum atomic E-state index is 0.843. The van der Waals surface area contributed by atoms with Crippen molar-refractivity contribution in [1.29, 1.82) is 0 Å². The Hall–Kier alpha value is -2.91. The van der Waals surface area contributed by atoms with E-state index in [2.05, 4.69) is 123 Å². The summed E-state index contributed by atoms with van der Waals surface area (Å²) < 4.78 is 5.56. The Balaban J connectivity index is 1.39. The van der Waals surface area contributed by atoms with Crippen LogP contribution in [0.4, 0.5) is 0 Å². The van der Waals surface area contributed by atoms with E-state index >= 15 is 0 Å². The SMILES string of the molecule is Brc1c[n+](Cc2ccc3ccccc3c2)cn1Cc1ccc2ccccc2c1. The highest BCUT2D eigenvalue weighted by molar-refractivity contribution is 9.10. The van der Waals surface area contributed by atoms with Crippen molar-refractivity contribution >= 4 is 37.5 Å². The van der Waals surface area contributed by atoms with Crippen molar-refractivity contribution in [2.75, 3.05) is 0 Å². The Kier molecular flexibility index (Phi) is 4.46. The zero-order valence-electron chi connectivity index (χ0n) is 15.4. The van der Waals surface area contributed by atoms with Crippen LogP contribution in [0.5, 0.6) is 0 Å². The van der Waals surface area contributed by atoms with E-state index in [1.807, 2.05) is 0 Å². The number of aromatic nitrogens is 2. The van der Waals surface area contributed by atoms with E-state index in [0.29, 0.717) is 0 Å². The molecule has 136 valence electrons. The molecule has 0 aliphatic heterocycles. The zero-order chi connectivity index (χ0) is 18.9. The lowest BCUT2D eigenvalue weighted by Gasteiger charge is -2.03. The molecule has 0 N–H and O–H groups in total. The highest BCUT2D eigenvalue weighted by Gasteiger charge is 2.12. The van der Waals surface area contributed by atoms with Gasteiger partial charge in [0.05, 0.1) is 0 Å². The first-order valence-corrected chi connectivity index (χ1v) is 10.2. The number of benzene rings is 4. The first-order valence-electron chi connectivity index (χ1n) is 9.45. The van der Waals surface area contributed by atoms with Gasteiger partial charge in [-0.15, -0.1) is 0 Å². The predicted molar refractivity (Wildman–Crippen MR) is 118 cm³/mol. The largest absolute Gasteiger partial charge is 0.245 e. The first kappa shape index (κ1) is 17.2. The van der Waals surface area contributed by atoms with Crippen LogP contribution < -0.4 is 4.57 Å². The van der Waals surface area contributed by atoms with Gasteiger partial charge in [0.2, 0.25) is 10.9 Å². The topological polar surface area (TPSA) is 8.81 Å². The maximum absolute atomic E-state index is 3.72. The van der Waals surface area contributed by atoms with Crippen molar-refractivity contribution in [1.82, 2.24) is 4.57 Å². The smallest absolute Gasteiger partial charge is 0.231 e. The Morgan fingerprint density at radius 1 is 0.679 bits per heavy atom. The third-order valence-electron chi connectivity index (χ3n) is 5.18. The van der Waals surface area contributed by atoms with Crippen LogP contribution in [0.2, 0.25) is 0 Å². The van der Waals surface area contributed by atoms with Gasteiger partial charge in [0.1, 0.15) is 19.3 Å². The highest BCUT2D eigenvalue weighted by atomic mass is 79.9. The van der Waals surface area contributed by atoms with E-state index in [4.69, 9.17) is 0 Å². The van der Waals surface area contributed by atoms with Crippen LogP contribution in [0.15, 0.2) is 102 Å². The van der Waals surface area contributed by atoms with E-state index in [-0.39, 0.29) is 0 Å². The highest BCUT2D eigenvalue weighted by Crippen LogP contribution is 2.19. The maximum atomic E-state index is 3.72. The van der Waals surface area contributed by atoms with E-state index in [0.717, 1.165) is 17.7 Å². The second-order valence-corrected chi connectivity index (χ2v) is 8.04. The number of rotatable bonds is 4. The molecule has 0 unspecified atom stereocenters. The molecule has 0 amide bonds. The second kappa shape index (κ2) is 7.25. The lowest BCUT2D eigenvalue weighted by molar-refractivity contribution is -0.688. The molecule has 0 aliphatic rings. The summed E-state index contributed by atoms with van der Waals surface area (Å²) in [5.41, 5.74) is 2.60. The molecule has 0 bridgehead atoms. The number of hydrogen-bond acceptors (Lipinski definition) is 0. The summed E-state index contributed by atoms with van der Waals surface area (Å²) in [4.78, 5) is 0. The van der Waals surface area contributed by atoms with Gasteiger partial charge in [-0.3, -0.25) is 0 Å². The molecule has 0 fully saturated rings. The van der Waals surface area contributed by atoms with Crippen LogP contribution in [0, 0.1) is 0 Å². The van der Waals surface area contributed by atoms with Gasteiger partial charge in [0.25, 0.3) is 0 Å². The Labute approximate surface area is 172 Å². The summed E-state index contributed by atoms with van der Waals surface area (Å²) in [6, 6.07) is 30.4. The zero-order valence-corrected chi connectivity index (χ0v) is 17.0. The Bertz CT molecular complexity index is 1290. The van der Waals surface area contributed by atoms with Gasteiger partial charge in [-0.05, 0) is 44.8 Å². The summed E-state index contributed by atoms with van der Waals surface area (Å²) >= 11 is 3.72. The standard InChI is InChI=1S/C25H20BrN2/c26-25-17-27(15-19-9-11-21-5-1-3-7-23(21)13-19)18-28(25)16-20-10-12-22-6-2-4-8-24(22)14-20/h1-14,17-18H,15-16H2/q+1. The molecule has 0 saturated heterocycles. The van der Waals surface area contributed by atoms with Crippen molar-refractivity contribution in [3.05, 3.63) is 113 Å². The fraction of sp³-hybridized carbons (Fsp3) is 0.0800. The van der Waals surface area contributed by atoms with Crippen molar-refractivity contribution in [2.45, 2.75) is 13.1 Å². The molecule has 3 heteroatoms. The number of hydrogen-bond donors (Lipinski definition) is 0. The first-order chi connectivity index (χ1) is 13.7. The summed E-state index contributed by atoms with van der Waals surface area (Å²) in [7, 11) is 0. The lowest BCUT2D eigenvalue weighted by atomic mass is 10.1. The fourth-order valence-corrected chi connectivity index (χ4v) is 4.24. The number of nitrogens with zero attached hydrogens (tertiary/aromatic N) is 2. The number of fused-ring (bicyclic) bond motifs is 2. The molecule has 1 aromatic heterocycles. The predicted octanol–water partition coefficient (Wildman–Crippen LogP) is 5.94. The van der Waals surface area contributed by atoms with Gasteiger partial charge in [0, 0.05) is 15.9 Å². The molecule has 0 atom stereocenters. The lowest BCUT2D eigenvalue weighted by Crippen LogP contribution is -2.31. The summed E-state index contributed by atoms with van der Waals surface area (Å²) in [5.74, 6) is 0. The van der Waals surface area contributed by atoms with Gasteiger partial charge < -0.3 is 0 Å². The van der Waals surface area contributed by atoms with Crippen LogP contribution in [-0.4, -0.2) is 4.57 Å². The van der Waals surface area contributed by atoms with Crippen molar-refractivity contribution in [3.63, 3.8) is 0 Å². The molecule has 0 radical (unpaired) electrons. The quantitative estimate of drug-likeness (QED) is 0.313. The molecular weight excluding hydrogens is 408 g/mol. The average Bonchev–Trinajstić information content (AvgIpc) is 3.06. The molecule has 5 rings (SSSR count). The van der Waals surface area contributed by atoms with E-state index in [9.17, 15) is 0 Å². The average molecular weight is 428 g/mol. The molecule has 0 spiro atoms. The fourth-order valence-electron chi connectivity index (χ4n) is 3.76. The van der Waals surface area contributed by atoms with Crippen molar-refractivity contribution in [3.8, 4) is 0 Å². The van der Waals surface area contributed by atoms with Crippen LogP contribution in [0.25, 0.3) is 21.5 Å². The number of halogens is 1. The van der Waals surface area contributed by atoms with Gasteiger partial charge >= 0.3 is 0 Å². The third kappa shape index (κ3) is 3.46. The van der Waals surface area contributed by atoms with E-state index < -0.39 is 0 Å². The Morgan fingerprint density at radius 3 is 1.93 bits per heavy atom. The van der Waals surface area contributed by atoms with Gasteiger partial charge in [-0.2, -0.15) is 0 Å². The second-order valence-electron chi connectivity index (χ2n) is 7.23. The van der Waals surface area contributed by atoms with Crippen LogP contribution in [0.3, 0.4) is 0 Å².